The predicted octanol–water partition coefficient (Wildman–Crippen LogP) is 4.26. The lowest BCUT2D eigenvalue weighted by atomic mass is 9.92. The molecular weight excluding hydrogens is 392 g/mol. The van der Waals surface area contributed by atoms with E-state index in [-0.39, 0.29) is 5.91 Å². The molecule has 0 bridgehead atoms. The van der Waals surface area contributed by atoms with Gasteiger partial charge in [0.1, 0.15) is 17.5 Å². The zero-order valence-electron chi connectivity index (χ0n) is 17.6. The topological polar surface area (TPSA) is 73.4 Å². The zero-order chi connectivity index (χ0) is 21.4. The molecule has 31 heavy (non-hydrogen) atoms. The normalized spacial score (nSPS) is 14.8. The number of carbonyl (C=O) groups excluding carboxylic acids is 1. The quantitative estimate of drug-likeness (QED) is 0.497. The standard InChI is InChI=1S/C24H24N4O3/c1-27-15-25-23-21(27)13-20(26-22(23)17-3-5-19(30-2)6-4-17)16-7-10-28(11-8-16)24(29)18-9-12-31-14-18/h3-6,9,12-16H,7-8,10-11H2,1-2H3. The minimum atomic E-state index is 0.0289. The number of fused-ring (bicyclic) bond motifs is 1. The van der Waals surface area contributed by atoms with Crippen molar-refractivity contribution in [2.45, 2.75) is 18.8 Å². The third-order valence-corrected chi connectivity index (χ3v) is 6.06. The van der Waals surface area contributed by atoms with E-state index in [4.69, 9.17) is 14.1 Å². The number of likely N-dealkylation sites (tertiary alicyclic amines) is 1. The van der Waals surface area contributed by atoms with Crippen LogP contribution >= 0.6 is 0 Å². The van der Waals surface area contributed by atoms with Crippen molar-refractivity contribution in [1.82, 2.24) is 19.4 Å². The Bertz CT molecular complexity index is 1200. The van der Waals surface area contributed by atoms with Gasteiger partial charge < -0.3 is 18.6 Å². The van der Waals surface area contributed by atoms with Gasteiger partial charge in [-0.25, -0.2) is 4.98 Å². The van der Waals surface area contributed by atoms with Crippen molar-refractivity contribution in [1.29, 1.82) is 0 Å². The van der Waals surface area contributed by atoms with Crippen molar-refractivity contribution in [2.24, 2.45) is 7.05 Å². The van der Waals surface area contributed by atoms with Crippen molar-refractivity contribution >= 4 is 16.9 Å². The summed E-state index contributed by atoms with van der Waals surface area (Å²) in [7, 11) is 3.66. The van der Waals surface area contributed by atoms with Crippen LogP contribution in [-0.2, 0) is 7.05 Å². The lowest BCUT2D eigenvalue weighted by molar-refractivity contribution is 0.0711. The van der Waals surface area contributed by atoms with Crippen molar-refractivity contribution in [3.8, 4) is 17.0 Å². The monoisotopic (exact) mass is 416 g/mol. The van der Waals surface area contributed by atoms with E-state index in [0.717, 1.165) is 46.6 Å². The van der Waals surface area contributed by atoms with Gasteiger partial charge in [0.25, 0.3) is 5.91 Å². The molecule has 0 saturated carbocycles. The molecule has 1 fully saturated rings. The van der Waals surface area contributed by atoms with Crippen LogP contribution in [0.25, 0.3) is 22.3 Å². The largest absolute Gasteiger partial charge is 0.497 e. The highest BCUT2D eigenvalue weighted by Crippen LogP contribution is 2.33. The molecule has 0 radical (unpaired) electrons. The minimum Gasteiger partial charge on any atom is -0.497 e. The number of furan rings is 1. The fraction of sp³-hybridized carbons (Fsp3) is 0.292. The van der Waals surface area contributed by atoms with Gasteiger partial charge >= 0.3 is 0 Å². The highest BCUT2D eigenvalue weighted by atomic mass is 16.5. The maximum absolute atomic E-state index is 12.6. The molecule has 0 aliphatic carbocycles. The third-order valence-electron chi connectivity index (χ3n) is 6.06. The van der Waals surface area contributed by atoms with Gasteiger partial charge in [-0.05, 0) is 49.2 Å². The number of aryl methyl sites for hydroxylation is 1. The number of aromatic nitrogens is 3. The summed E-state index contributed by atoms with van der Waals surface area (Å²) in [5.74, 6) is 1.14. The number of pyridine rings is 1. The van der Waals surface area contributed by atoms with Gasteiger partial charge in [-0.15, -0.1) is 0 Å². The van der Waals surface area contributed by atoms with Crippen LogP contribution < -0.4 is 4.74 Å². The number of rotatable bonds is 4. The maximum Gasteiger partial charge on any atom is 0.257 e. The molecule has 5 rings (SSSR count). The SMILES string of the molecule is COc1ccc(-c2nc(C3CCN(C(=O)c4ccoc4)CC3)cc3c2ncn3C)cc1. The lowest BCUT2D eigenvalue weighted by Gasteiger charge is -2.31. The molecule has 1 aliphatic rings. The Morgan fingerprint density at radius 2 is 1.94 bits per heavy atom. The van der Waals surface area contributed by atoms with Gasteiger partial charge in [-0.2, -0.15) is 0 Å². The first-order valence-electron chi connectivity index (χ1n) is 10.4. The van der Waals surface area contributed by atoms with Crippen LogP contribution in [0.4, 0.5) is 0 Å². The van der Waals surface area contributed by atoms with Crippen LogP contribution in [0.1, 0.15) is 34.8 Å². The molecule has 0 unspecified atom stereocenters. The van der Waals surface area contributed by atoms with Crippen molar-refractivity contribution in [3.05, 3.63) is 66.5 Å². The lowest BCUT2D eigenvalue weighted by Crippen LogP contribution is -2.37. The summed E-state index contributed by atoms with van der Waals surface area (Å²) >= 11 is 0. The number of hydrogen-bond acceptors (Lipinski definition) is 5. The Kier molecular flexibility index (Phi) is 4.94. The number of ether oxygens (including phenoxy) is 1. The van der Waals surface area contributed by atoms with E-state index in [9.17, 15) is 4.79 Å². The fourth-order valence-corrected chi connectivity index (χ4v) is 4.25. The van der Waals surface area contributed by atoms with E-state index in [2.05, 4.69) is 11.1 Å². The van der Waals surface area contributed by atoms with E-state index in [1.165, 1.54) is 12.5 Å². The van der Waals surface area contributed by atoms with Gasteiger partial charge in [0, 0.05) is 37.3 Å². The zero-order valence-corrected chi connectivity index (χ0v) is 17.6. The van der Waals surface area contributed by atoms with Crippen LogP contribution in [0.5, 0.6) is 5.75 Å². The first-order chi connectivity index (χ1) is 15.1. The van der Waals surface area contributed by atoms with Crippen molar-refractivity contribution in [2.75, 3.05) is 20.2 Å². The average Bonchev–Trinajstić information content (AvgIpc) is 3.49. The van der Waals surface area contributed by atoms with Crippen LogP contribution in [0.15, 0.2) is 59.7 Å². The molecule has 1 amide bonds. The van der Waals surface area contributed by atoms with Crippen LogP contribution in [0.3, 0.4) is 0 Å². The van der Waals surface area contributed by atoms with Gasteiger partial charge in [-0.3, -0.25) is 9.78 Å². The molecule has 1 saturated heterocycles. The molecule has 0 atom stereocenters. The smallest absolute Gasteiger partial charge is 0.257 e. The third kappa shape index (κ3) is 3.56. The second-order valence-corrected chi connectivity index (χ2v) is 7.93. The van der Waals surface area contributed by atoms with Crippen molar-refractivity contribution in [3.63, 3.8) is 0 Å². The highest BCUT2D eigenvalue weighted by molar-refractivity contribution is 5.94. The summed E-state index contributed by atoms with van der Waals surface area (Å²) in [4.78, 5) is 24.1. The van der Waals surface area contributed by atoms with Gasteiger partial charge in [-0.1, -0.05) is 0 Å². The number of methoxy groups -OCH3 is 1. The van der Waals surface area contributed by atoms with Crippen LogP contribution in [0.2, 0.25) is 0 Å². The summed E-state index contributed by atoms with van der Waals surface area (Å²) in [6.45, 7) is 1.41. The molecule has 158 valence electrons. The molecule has 0 N–H and O–H groups in total. The average molecular weight is 416 g/mol. The second kappa shape index (κ2) is 7.91. The molecular formula is C24H24N4O3. The summed E-state index contributed by atoms with van der Waals surface area (Å²) in [5.41, 5.74) is 5.51. The molecule has 4 heterocycles. The Morgan fingerprint density at radius 1 is 1.16 bits per heavy atom. The van der Waals surface area contributed by atoms with Crippen LogP contribution in [0, 0.1) is 0 Å². The Balaban J connectivity index is 1.44. The Morgan fingerprint density at radius 3 is 2.61 bits per heavy atom. The van der Waals surface area contributed by atoms with Gasteiger partial charge in [0.05, 0.1) is 36.5 Å². The molecule has 3 aromatic heterocycles. The first kappa shape index (κ1) is 19.4. The van der Waals surface area contributed by atoms with E-state index in [1.54, 1.807) is 13.2 Å². The number of imidazole rings is 1. The number of carbonyl (C=O) groups is 1. The summed E-state index contributed by atoms with van der Waals surface area (Å²) in [5, 5.41) is 0. The second-order valence-electron chi connectivity index (χ2n) is 7.93. The summed E-state index contributed by atoms with van der Waals surface area (Å²) in [6.07, 6.45) is 6.63. The Labute approximate surface area is 180 Å². The molecule has 1 aliphatic heterocycles. The van der Waals surface area contributed by atoms with E-state index in [0.29, 0.717) is 24.6 Å². The molecule has 7 nitrogen and oxygen atoms in total. The van der Waals surface area contributed by atoms with Crippen LogP contribution in [-0.4, -0.2) is 45.5 Å². The highest BCUT2D eigenvalue weighted by Gasteiger charge is 2.27. The summed E-state index contributed by atoms with van der Waals surface area (Å²) < 4.78 is 12.4. The van der Waals surface area contributed by atoms with Gasteiger partial charge in [0.2, 0.25) is 0 Å². The fourth-order valence-electron chi connectivity index (χ4n) is 4.25. The van der Waals surface area contributed by atoms with Crippen molar-refractivity contribution < 1.29 is 13.9 Å². The van der Waals surface area contributed by atoms with E-state index >= 15 is 0 Å². The predicted molar refractivity (Wildman–Crippen MR) is 117 cm³/mol. The maximum atomic E-state index is 12.6. The first-order valence-corrected chi connectivity index (χ1v) is 10.4. The van der Waals surface area contributed by atoms with E-state index < -0.39 is 0 Å². The molecule has 4 aromatic rings. The molecule has 1 aromatic carbocycles. The number of hydrogen-bond donors (Lipinski definition) is 0. The van der Waals surface area contributed by atoms with Gasteiger partial charge in [0.15, 0.2) is 0 Å². The summed E-state index contributed by atoms with van der Waals surface area (Å²) in [6, 6.07) is 11.8. The number of amides is 1. The number of nitrogens with zero attached hydrogens (tertiary/aromatic N) is 4. The molecule has 0 spiro atoms. The van der Waals surface area contributed by atoms with E-state index in [1.807, 2.05) is 47.1 Å². The minimum absolute atomic E-state index is 0.0289. The Hall–Kier alpha value is -3.61. The molecule has 7 heteroatoms. The number of piperidine rings is 1. The number of benzene rings is 1.